The standard InChI is InChI=1S/C28H40O2/c29-27-20-8-4-2-6-18(20)26-21(27)12-11-15-9-10-16-13-23-17-5-1-3-7-19(17)28(30)24(23)14-22(16)25(15)26/h15-26H,1-14H2. The molecule has 2 nitrogen and oxygen atoms in total. The van der Waals surface area contributed by atoms with Crippen molar-refractivity contribution in [1.82, 2.24) is 0 Å². The minimum Gasteiger partial charge on any atom is -0.299 e. The van der Waals surface area contributed by atoms with Crippen molar-refractivity contribution in [3.05, 3.63) is 0 Å². The van der Waals surface area contributed by atoms with Crippen LogP contribution in [0.2, 0.25) is 0 Å². The Hall–Kier alpha value is -0.660. The van der Waals surface area contributed by atoms with E-state index in [0.717, 1.165) is 35.5 Å². The average molecular weight is 409 g/mol. The number of ketones is 2. The zero-order valence-electron chi connectivity index (χ0n) is 18.6. The van der Waals surface area contributed by atoms with Gasteiger partial charge in [-0.1, -0.05) is 25.7 Å². The zero-order chi connectivity index (χ0) is 20.0. The summed E-state index contributed by atoms with van der Waals surface area (Å²) in [6, 6.07) is 0. The predicted molar refractivity (Wildman–Crippen MR) is 117 cm³/mol. The Morgan fingerprint density at radius 1 is 0.433 bits per heavy atom. The lowest BCUT2D eigenvalue weighted by Crippen LogP contribution is -2.49. The molecule has 0 aromatic carbocycles. The number of hydrogen-bond acceptors (Lipinski definition) is 2. The molecule has 2 heteroatoms. The van der Waals surface area contributed by atoms with E-state index in [1.54, 1.807) is 0 Å². The van der Waals surface area contributed by atoms with Gasteiger partial charge in [0.05, 0.1) is 0 Å². The molecule has 0 aromatic heterocycles. The van der Waals surface area contributed by atoms with Gasteiger partial charge in [0.2, 0.25) is 0 Å². The van der Waals surface area contributed by atoms with E-state index in [1.807, 2.05) is 0 Å². The Morgan fingerprint density at radius 3 is 1.90 bits per heavy atom. The van der Waals surface area contributed by atoms with Crippen LogP contribution in [0.5, 0.6) is 0 Å². The molecule has 7 fully saturated rings. The highest BCUT2D eigenvalue weighted by Crippen LogP contribution is 2.65. The third-order valence-corrected chi connectivity index (χ3v) is 12.1. The van der Waals surface area contributed by atoms with Crippen LogP contribution in [0.4, 0.5) is 0 Å². The van der Waals surface area contributed by atoms with Gasteiger partial charge < -0.3 is 0 Å². The second-order valence-electron chi connectivity index (χ2n) is 12.8. The van der Waals surface area contributed by atoms with E-state index in [0.29, 0.717) is 47.1 Å². The van der Waals surface area contributed by atoms with E-state index < -0.39 is 0 Å². The lowest BCUT2D eigenvalue weighted by Gasteiger charge is -2.55. The molecule has 0 aliphatic heterocycles. The number of carbonyl (C=O) groups is 2. The van der Waals surface area contributed by atoms with Gasteiger partial charge in [-0.2, -0.15) is 0 Å². The first-order chi connectivity index (χ1) is 14.7. The highest BCUT2D eigenvalue weighted by atomic mass is 16.1. The van der Waals surface area contributed by atoms with E-state index in [4.69, 9.17) is 0 Å². The lowest BCUT2D eigenvalue weighted by molar-refractivity contribution is -0.131. The molecule has 164 valence electrons. The summed E-state index contributed by atoms with van der Waals surface area (Å²) in [6.45, 7) is 0. The quantitative estimate of drug-likeness (QED) is 0.487. The average Bonchev–Trinajstić information content (AvgIpc) is 3.24. The summed E-state index contributed by atoms with van der Waals surface area (Å²) in [5.41, 5.74) is 0. The first-order valence-electron chi connectivity index (χ1n) is 13.8. The van der Waals surface area contributed by atoms with Gasteiger partial charge in [0, 0.05) is 23.7 Å². The summed E-state index contributed by atoms with van der Waals surface area (Å²) in [5.74, 6) is 9.21. The molecule has 0 amide bonds. The molecule has 0 saturated heterocycles. The van der Waals surface area contributed by atoms with Crippen molar-refractivity contribution in [3.63, 3.8) is 0 Å². The molecule has 0 spiro atoms. The van der Waals surface area contributed by atoms with Gasteiger partial charge in [-0.05, 0) is 112 Å². The summed E-state index contributed by atoms with van der Waals surface area (Å²) in [7, 11) is 0. The largest absolute Gasteiger partial charge is 0.299 e. The van der Waals surface area contributed by atoms with Gasteiger partial charge >= 0.3 is 0 Å². The van der Waals surface area contributed by atoms with Gasteiger partial charge in [0.15, 0.2) is 0 Å². The fourth-order valence-electron chi connectivity index (χ4n) is 11.2. The van der Waals surface area contributed by atoms with E-state index >= 15 is 0 Å². The van der Waals surface area contributed by atoms with Crippen LogP contribution in [0, 0.1) is 71.0 Å². The van der Waals surface area contributed by atoms with Crippen molar-refractivity contribution < 1.29 is 9.59 Å². The second kappa shape index (κ2) is 6.92. The van der Waals surface area contributed by atoms with Crippen molar-refractivity contribution in [2.24, 2.45) is 71.0 Å². The van der Waals surface area contributed by atoms with E-state index in [9.17, 15) is 9.59 Å². The Bertz CT molecular complexity index is 741. The maximum atomic E-state index is 13.5. The molecule has 0 bridgehead atoms. The van der Waals surface area contributed by atoms with Gasteiger partial charge in [-0.15, -0.1) is 0 Å². The number of hydrogen-bond donors (Lipinski definition) is 0. The van der Waals surface area contributed by atoms with Gasteiger partial charge in [-0.3, -0.25) is 9.59 Å². The fourth-order valence-corrected chi connectivity index (χ4v) is 11.2. The fraction of sp³-hybridized carbons (Fsp3) is 0.929. The van der Waals surface area contributed by atoms with Crippen molar-refractivity contribution in [2.75, 3.05) is 0 Å². The summed E-state index contributed by atoms with van der Waals surface area (Å²) >= 11 is 0. The summed E-state index contributed by atoms with van der Waals surface area (Å²) in [6.07, 6.45) is 18.3. The van der Waals surface area contributed by atoms with Gasteiger partial charge in [0.25, 0.3) is 0 Å². The van der Waals surface area contributed by atoms with Crippen LogP contribution in [0.3, 0.4) is 0 Å². The lowest BCUT2D eigenvalue weighted by atomic mass is 9.49. The minimum atomic E-state index is 0.401. The molecule has 0 heterocycles. The van der Waals surface area contributed by atoms with Crippen LogP contribution < -0.4 is 0 Å². The Morgan fingerprint density at radius 2 is 1.07 bits per heavy atom. The van der Waals surface area contributed by atoms with Gasteiger partial charge in [0.1, 0.15) is 11.6 Å². The molecule has 0 radical (unpaired) electrons. The molecule has 12 atom stereocenters. The van der Waals surface area contributed by atoms with Crippen LogP contribution in [0.25, 0.3) is 0 Å². The number of Topliss-reactive ketones (excluding diaryl/α,β-unsaturated/α-hetero) is 2. The molecule has 7 rings (SSSR count). The zero-order valence-corrected chi connectivity index (χ0v) is 18.6. The Kier molecular flexibility index (Phi) is 4.35. The maximum absolute atomic E-state index is 13.5. The Labute approximate surface area is 182 Å². The van der Waals surface area contributed by atoms with Crippen molar-refractivity contribution in [2.45, 2.75) is 89.9 Å². The van der Waals surface area contributed by atoms with E-state index in [-0.39, 0.29) is 0 Å². The summed E-state index contributed by atoms with van der Waals surface area (Å²) in [5, 5.41) is 0. The van der Waals surface area contributed by atoms with Crippen molar-refractivity contribution >= 4 is 11.6 Å². The monoisotopic (exact) mass is 408 g/mol. The number of rotatable bonds is 0. The molecule has 0 N–H and O–H groups in total. The third kappa shape index (κ3) is 2.49. The highest BCUT2D eigenvalue weighted by molar-refractivity contribution is 5.87. The molecule has 0 aromatic rings. The first kappa shape index (κ1) is 18.9. The smallest absolute Gasteiger partial charge is 0.139 e. The van der Waals surface area contributed by atoms with Crippen LogP contribution >= 0.6 is 0 Å². The highest BCUT2D eigenvalue weighted by Gasteiger charge is 2.62. The molecule has 7 aliphatic rings. The van der Waals surface area contributed by atoms with E-state index in [2.05, 4.69) is 0 Å². The summed E-state index contributed by atoms with van der Waals surface area (Å²) < 4.78 is 0. The van der Waals surface area contributed by atoms with Gasteiger partial charge in [-0.25, -0.2) is 0 Å². The predicted octanol–water partition coefficient (Wildman–Crippen LogP) is 6.08. The third-order valence-electron chi connectivity index (χ3n) is 12.1. The maximum Gasteiger partial charge on any atom is 0.139 e. The van der Waals surface area contributed by atoms with Crippen LogP contribution in [0.1, 0.15) is 89.9 Å². The number of fused-ring (bicyclic) bond motifs is 10. The normalized spacial score (nSPS) is 56.9. The molecule has 7 aliphatic carbocycles. The van der Waals surface area contributed by atoms with Crippen LogP contribution in [-0.2, 0) is 9.59 Å². The topological polar surface area (TPSA) is 34.1 Å². The Balaban J connectivity index is 1.21. The SMILES string of the molecule is O=C1C2CCCCC2C2CC3CCC4CCC5C(=O)C6CCCCC6C5C4C3CC12. The number of carbonyl (C=O) groups excluding carboxylic acids is 2. The molecular formula is C28H40O2. The molecule has 12 unspecified atom stereocenters. The second-order valence-corrected chi connectivity index (χ2v) is 12.8. The first-order valence-corrected chi connectivity index (χ1v) is 13.8. The molecule has 7 saturated carbocycles. The minimum absolute atomic E-state index is 0.401. The van der Waals surface area contributed by atoms with Crippen LogP contribution in [-0.4, -0.2) is 11.6 Å². The molecule has 30 heavy (non-hydrogen) atoms. The summed E-state index contributed by atoms with van der Waals surface area (Å²) in [4.78, 5) is 26.8. The molecular weight excluding hydrogens is 368 g/mol. The van der Waals surface area contributed by atoms with Crippen molar-refractivity contribution in [1.29, 1.82) is 0 Å². The van der Waals surface area contributed by atoms with Crippen LogP contribution in [0.15, 0.2) is 0 Å². The van der Waals surface area contributed by atoms with E-state index in [1.165, 1.54) is 89.9 Å². The van der Waals surface area contributed by atoms with Crippen molar-refractivity contribution in [3.8, 4) is 0 Å².